The van der Waals surface area contributed by atoms with Crippen LogP contribution in [0.2, 0.25) is 0 Å². The summed E-state index contributed by atoms with van der Waals surface area (Å²) in [6.45, 7) is 0.494. The van der Waals surface area contributed by atoms with Crippen LogP contribution < -0.4 is 16.1 Å². The number of hydrogen-bond acceptors (Lipinski definition) is 4. The normalized spacial score (nSPS) is 10.7. The predicted octanol–water partition coefficient (Wildman–Crippen LogP) is 2.41. The fourth-order valence-corrected chi connectivity index (χ4v) is 2.34. The SMILES string of the molecule is O=c1ccn(OCCCCCCCCCCCS)c(=O)[nH]1. The molecule has 0 aromatic carbocycles. The highest BCUT2D eigenvalue weighted by molar-refractivity contribution is 7.80. The van der Waals surface area contributed by atoms with Crippen LogP contribution in [-0.4, -0.2) is 22.1 Å². The number of rotatable bonds is 12. The van der Waals surface area contributed by atoms with Crippen molar-refractivity contribution >= 4 is 12.6 Å². The molecule has 1 N–H and O–H groups in total. The predicted molar refractivity (Wildman–Crippen MR) is 88.2 cm³/mol. The van der Waals surface area contributed by atoms with Gasteiger partial charge in [-0.15, -0.1) is 4.73 Å². The van der Waals surface area contributed by atoms with Gasteiger partial charge in [0.1, 0.15) is 6.61 Å². The van der Waals surface area contributed by atoms with Crippen LogP contribution in [0.5, 0.6) is 0 Å². The zero-order chi connectivity index (χ0) is 15.3. The third-order valence-electron chi connectivity index (χ3n) is 3.32. The van der Waals surface area contributed by atoms with Crippen molar-refractivity contribution in [1.29, 1.82) is 0 Å². The van der Waals surface area contributed by atoms with E-state index in [0.29, 0.717) is 6.61 Å². The van der Waals surface area contributed by atoms with E-state index < -0.39 is 11.2 Å². The van der Waals surface area contributed by atoms with Crippen LogP contribution in [-0.2, 0) is 0 Å². The molecule has 1 heterocycles. The van der Waals surface area contributed by atoms with E-state index in [1.54, 1.807) is 0 Å². The van der Waals surface area contributed by atoms with E-state index in [1.165, 1.54) is 57.2 Å². The van der Waals surface area contributed by atoms with E-state index in [9.17, 15) is 9.59 Å². The molecule has 5 nitrogen and oxygen atoms in total. The molecule has 120 valence electrons. The van der Waals surface area contributed by atoms with Gasteiger partial charge in [-0.3, -0.25) is 9.78 Å². The maximum absolute atomic E-state index is 11.3. The molecule has 0 aliphatic heterocycles. The van der Waals surface area contributed by atoms with Crippen molar-refractivity contribution < 1.29 is 4.84 Å². The molecule has 0 saturated heterocycles. The highest BCUT2D eigenvalue weighted by atomic mass is 32.1. The summed E-state index contributed by atoms with van der Waals surface area (Å²) in [5.74, 6) is 0.998. The Bertz CT molecular complexity index is 484. The second kappa shape index (κ2) is 11.5. The first-order valence-corrected chi connectivity index (χ1v) is 8.43. The minimum atomic E-state index is -0.524. The highest BCUT2D eigenvalue weighted by Crippen LogP contribution is 2.09. The molecule has 0 radical (unpaired) electrons. The molecule has 0 amide bonds. The summed E-state index contributed by atoms with van der Waals surface area (Å²) in [5, 5.41) is 0. The molecular formula is C15H26N2O3S. The highest BCUT2D eigenvalue weighted by Gasteiger charge is 1.97. The molecule has 1 rings (SSSR count). The van der Waals surface area contributed by atoms with Crippen molar-refractivity contribution in [3.05, 3.63) is 33.1 Å². The number of thiol groups is 1. The Morgan fingerprint density at radius 2 is 1.52 bits per heavy atom. The van der Waals surface area contributed by atoms with Gasteiger partial charge in [-0.05, 0) is 25.0 Å². The van der Waals surface area contributed by atoms with E-state index in [1.807, 2.05) is 0 Å². The Morgan fingerprint density at radius 3 is 2.10 bits per heavy atom. The van der Waals surface area contributed by atoms with Crippen molar-refractivity contribution in [1.82, 2.24) is 9.71 Å². The fourth-order valence-electron chi connectivity index (χ4n) is 2.12. The van der Waals surface area contributed by atoms with Gasteiger partial charge in [-0.1, -0.05) is 38.5 Å². The van der Waals surface area contributed by atoms with Crippen LogP contribution in [0.25, 0.3) is 0 Å². The van der Waals surface area contributed by atoms with Crippen LogP contribution in [0.15, 0.2) is 21.9 Å². The average Bonchev–Trinajstić information content (AvgIpc) is 2.46. The number of aromatic amines is 1. The van der Waals surface area contributed by atoms with Crippen molar-refractivity contribution in [3.63, 3.8) is 0 Å². The van der Waals surface area contributed by atoms with Gasteiger partial charge in [0.15, 0.2) is 0 Å². The minimum Gasteiger partial charge on any atom is -0.410 e. The average molecular weight is 314 g/mol. The molecule has 1 aromatic heterocycles. The van der Waals surface area contributed by atoms with Crippen LogP contribution in [0.3, 0.4) is 0 Å². The number of hydrogen-bond donors (Lipinski definition) is 2. The quantitative estimate of drug-likeness (QED) is 0.460. The molecule has 21 heavy (non-hydrogen) atoms. The lowest BCUT2D eigenvalue weighted by Gasteiger charge is -2.06. The number of nitrogens with one attached hydrogen (secondary N) is 1. The topological polar surface area (TPSA) is 64.1 Å². The maximum atomic E-state index is 11.3. The van der Waals surface area contributed by atoms with Crippen LogP contribution in [0.1, 0.15) is 57.8 Å². The van der Waals surface area contributed by atoms with Crippen molar-refractivity contribution in [2.75, 3.05) is 12.4 Å². The first-order valence-electron chi connectivity index (χ1n) is 7.80. The molecule has 0 aliphatic carbocycles. The Kier molecular flexibility index (Phi) is 9.78. The van der Waals surface area contributed by atoms with Gasteiger partial charge < -0.3 is 4.84 Å². The minimum absolute atomic E-state index is 0.408. The first-order chi connectivity index (χ1) is 10.2. The van der Waals surface area contributed by atoms with Crippen molar-refractivity contribution in [2.24, 2.45) is 0 Å². The molecule has 0 saturated carbocycles. The third-order valence-corrected chi connectivity index (χ3v) is 3.64. The van der Waals surface area contributed by atoms with Gasteiger partial charge in [0.05, 0.1) is 6.20 Å². The summed E-state index contributed by atoms with van der Waals surface area (Å²) in [7, 11) is 0. The zero-order valence-electron chi connectivity index (χ0n) is 12.6. The Balaban J connectivity index is 1.95. The molecule has 1 aromatic rings. The van der Waals surface area contributed by atoms with Gasteiger partial charge in [0, 0.05) is 6.07 Å². The molecule has 0 unspecified atom stereocenters. The largest absolute Gasteiger partial charge is 0.410 e. The number of unbranched alkanes of at least 4 members (excludes halogenated alkanes) is 8. The molecule has 0 fully saturated rings. The number of H-pyrrole nitrogens is 1. The number of aromatic nitrogens is 2. The lowest BCUT2D eigenvalue weighted by atomic mass is 10.1. The van der Waals surface area contributed by atoms with E-state index in [-0.39, 0.29) is 0 Å². The van der Waals surface area contributed by atoms with Crippen molar-refractivity contribution in [3.8, 4) is 0 Å². The Morgan fingerprint density at radius 1 is 0.952 bits per heavy atom. The smallest absolute Gasteiger partial charge is 0.361 e. The van der Waals surface area contributed by atoms with Gasteiger partial charge >= 0.3 is 5.69 Å². The fraction of sp³-hybridized carbons (Fsp3) is 0.733. The molecule has 0 aliphatic rings. The standard InChI is InChI=1S/C15H26N2O3S/c18-14-10-11-17(15(19)16-14)20-12-8-6-4-2-1-3-5-7-9-13-21/h10-11,21H,1-9,12-13H2,(H,16,18,19). The summed E-state index contributed by atoms with van der Waals surface area (Å²) < 4.78 is 1.07. The molecular weight excluding hydrogens is 288 g/mol. The molecule has 0 bridgehead atoms. The van der Waals surface area contributed by atoms with Crippen LogP contribution in [0, 0.1) is 0 Å². The van der Waals surface area contributed by atoms with Crippen molar-refractivity contribution in [2.45, 2.75) is 57.8 Å². The van der Waals surface area contributed by atoms with Crippen LogP contribution in [0.4, 0.5) is 0 Å². The molecule has 0 spiro atoms. The summed E-state index contributed by atoms with van der Waals surface area (Å²) in [6, 6.07) is 1.27. The van der Waals surface area contributed by atoms with E-state index in [4.69, 9.17) is 4.84 Å². The van der Waals surface area contributed by atoms with Gasteiger partial charge in [0.25, 0.3) is 5.56 Å². The summed E-state index contributed by atoms with van der Waals surface area (Å²) >= 11 is 4.20. The molecule has 6 heteroatoms. The zero-order valence-corrected chi connectivity index (χ0v) is 13.4. The summed E-state index contributed by atoms with van der Waals surface area (Å²) in [4.78, 5) is 29.6. The van der Waals surface area contributed by atoms with Crippen LogP contribution >= 0.6 is 12.6 Å². The van der Waals surface area contributed by atoms with E-state index >= 15 is 0 Å². The maximum Gasteiger partial charge on any atom is 0.361 e. The first kappa shape index (κ1) is 17.9. The molecule has 0 atom stereocenters. The van der Waals surface area contributed by atoms with E-state index in [0.717, 1.165) is 23.3 Å². The number of nitrogens with zero attached hydrogens (tertiary/aromatic N) is 1. The second-order valence-electron chi connectivity index (χ2n) is 5.17. The third kappa shape index (κ3) is 8.65. The van der Waals surface area contributed by atoms with Gasteiger partial charge in [0.2, 0.25) is 0 Å². The Labute approximate surface area is 131 Å². The Hall–Kier alpha value is -1.17. The monoisotopic (exact) mass is 314 g/mol. The lowest BCUT2D eigenvalue weighted by Crippen LogP contribution is -2.33. The summed E-state index contributed by atoms with van der Waals surface area (Å²) in [6.07, 6.45) is 12.3. The van der Waals surface area contributed by atoms with Gasteiger partial charge in [-0.25, -0.2) is 4.79 Å². The second-order valence-corrected chi connectivity index (χ2v) is 5.62. The summed E-state index contributed by atoms with van der Waals surface area (Å²) in [5.41, 5.74) is -0.932. The lowest BCUT2D eigenvalue weighted by molar-refractivity contribution is 0.0947. The van der Waals surface area contributed by atoms with Gasteiger partial charge in [-0.2, -0.15) is 12.6 Å². The van der Waals surface area contributed by atoms with E-state index in [2.05, 4.69) is 17.6 Å².